The Hall–Kier alpha value is -1.19. The molecule has 0 aromatic heterocycles. The molecule has 0 aromatic carbocycles. The highest BCUT2D eigenvalue weighted by Gasteiger charge is 2.42. The van der Waals surface area contributed by atoms with Crippen LogP contribution in [0.3, 0.4) is 0 Å². The maximum absolute atomic E-state index is 11.7. The molecule has 0 saturated heterocycles. The molecule has 90 valence electrons. The molecule has 1 saturated carbocycles. The fourth-order valence-corrected chi connectivity index (χ4v) is 2.35. The number of hydrogen-bond acceptors (Lipinski definition) is 4. The molecule has 0 aliphatic heterocycles. The zero-order chi connectivity index (χ0) is 12.3. The average molecular weight is 226 g/mol. The maximum Gasteiger partial charge on any atom is 0.316 e. The van der Waals surface area contributed by atoms with Crippen LogP contribution in [0.4, 0.5) is 0 Å². The van der Waals surface area contributed by atoms with E-state index in [1.54, 1.807) is 13.8 Å². The zero-order valence-corrected chi connectivity index (χ0v) is 9.99. The van der Waals surface area contributed by atoms with Crippen molar-refractivity contribution in [2.24, 2.45) is 17.8 Å². The Balaban J connectivity index is 2.82. The summed E-state index contributed by atoms with van der Waals surface area (Å²) >= 11 is 0. The summed E-state index contributed by atoms with van der Waals surface area (Å²) in [5.74, 6) is -1.70. The van der Waals surface area contributed by atoms with Gasteiger partial charge in [0.1, 0.15) is 17.5 Å². The number of hydrogen-bond donors (Lipinski definition) is 0. The van der Waals surface area contributed by atoms with Crippen molar-refractivity contribution in [2.75, 3.05) is 6.61 Å². The van der Waals surface area contributed by atoms with E-state index in [0.29, 0.717) is 12.8 Å². The minimum absolute atomic E-state index is 0.139. The molecule has 0 heterocycles. The lowest BCUT2D eigenvalue weighted by atomic mass is 9.82. The van der Waals surface area contributed by atoms with Gasteiger partial charge in [0.05, 0.1) is 6.61 Å². The Morgan fingerprint density at radius 1 is 1.50 bits per heavy atom. The molecule has 0 radical (unpaired) electrons. The van der Waals surface area contributed by atoms with Crippen LogP contribution in [0.15, 0.2) is 0 Å². The second kappa shape index (κ2) is 5.23. The Morgan fingerprint density at radius 2 is 2.12 bits per heavy atom. The number of carbonyl (C=O) groups excluding carboxylic acids is 3. The number of esters is 1. The number of rotatable bonds is 4. The highest BCUT2D eigenvalue weighted by atomic mass is 16.5. The van der Waals surface area contributed by atoms with Crippen LogP contribution in [0, 0.1) is 17.8 Å². The van der Waals surface area contributed by atoms with Crippen LogP contribution >= 0.6 is 0 Å². The molecule has 0 spiro atoms. The molecule has 0 bridgehead atoms. The van der Waals surface area contributed by atoms with Gasteiger partial charge in [-0.05, 0) is 26.2 Å². The maximum atomic E-state index is 11.7. The first-order chi connectivity index (χ1) is 7.49. The Bertz CT molecular complexity index is 308. The van der Waals surface area contributed by atoms with Gasteiger partial charge in [-0.15, -0.1) is 0 Å². The van der Waals surface area contributed by atoms with Crippen molar-refractivity contribution in [1.29, 1.82) is 0 Å². The molecule has 1 rings (SSSR count). The first kappa shape index (κ1) is 12.9. The predicted molar refractivity (Wildman–Crippen MR) is 57.7 cm³/mol. The van der Waals surface area contributed by atoms with Gasteiger partial charge >= 0.3 is 5.97 Å². The lowest BCUT2D eigenvalue weighted by molar-refractivity contribution is -0.154. The third-order valence-electron chi connectivity index (χ3n) is 3.28. The second-order valence-corrected chi connectivity index (χ2v) is 4.30. The topological polar surface area (TPSA) is 60.4 Å². The number of carbonyl (C=O) groups is 3. The molecule has 4 nitrogen and oxygen atoms in total. The van der Waals surface area contributed by atoms with Crippen LogP contribution in [0.2, 0.25) is 0 Å². The van der Waals surface area contributed by atoms with Crippen LogP contribution in [0.1, 0.15) is 33.6 Å². The summed E-state index contributed by atoms with van der Waals surface area (Å²) in [6.07, 6.45) is 1.08. The van der Waals surface area contributed by atoms with Crippen LogP contribution in [-0.4, -0.2) is 24.1 Å². The van der Waals surface area contributed by atoms with Gasteiger partial charge in [0.2, 0.25) is 0 Å². The molecule has 0 N–H and O–H groups in total. The minimum atomic E-state index is -0.763. The van der Waals surface area contributed by atoms with Gasteiger partial charge in [-0.1, -0.05) is 6.92 Å². The van der Waals surface area contributed by atoms with E-state index in [0.717, 1.165) is 0 Å². The summed E-state index contributed by atoms with van der Waals surface area (Å²) < 4.78 is 4.89. The first-order valence-electron chi connectivity index (χ1n) is 5.68. The zero-order valence-electron chi connectivity index (χ0n) is 9.99. The van der Waals surface area contributed by atoms with E-state index in [1.165, 1.54) is 6.92 Å². The van der Waals surface area contributed by atoms with Gasteiger partial charge < -0.3 is 4.74 Å². The van der Waals surface area contributed by atoms with E-state index in [2.05, 4.69) is 0 Å². The summed E-state index contributed by atoms with van der Waals surface area (Å²) in [4.78, 5) is 34.6. The summed E-state index contributed by atoms with van der Waals surface area (Å²) in [5, 5.41) is 0. The molecule has 0 aromatic rings. The van der Waals surface area contributed by atoms with Crippen molar-refractivity contribution in [3.8, 4) is 0 Å². The molecule has 3 atom stereocenters. The molecular weight excluding hydrogens is 208 g/mol. The summed E-state index contributed by atoms with van der Waals surface area (Å²) in [6.45, 7) is 5.14. The number of ether oxygens (including phenoxy) is 1. The summed E-state index contributed by atoms with van der Waals surface area (Å²) in [7, 11) is 0. The number of Topliss-reactive ketones (excluding diaryl/α,β-unsaturated/α-hetero) is 2. The lowest BCUT2D eigenvalue weighted by Gasteiger charge is -2.21. The van der Waals surface area contributed by atoms with Crippen molar-refractivity contribution in [3.05, 3.63) is 0 Å². The first-order valence-corrected chi connectivity index (χ1v) is 5.68. The normalized spacial score (nSPS) is 26.6. The van der Waals surface area contributed by atoms with E-state index < -0.39 is 11.9 Å². The summed E-state index contributed by atoms with van der Waals surface area (Å²) in [5.41, 5.74) is 0. The predicted octanol–water partition coefficient (Wildman–Crippen LogP) is 1.37. The lowest BCUT2D eigenvalue weighted by Crippen LogP contribution is -2.33. The Kier molecular flexibility index (Phi) is 4.21. The third-order valence-corrected chi connectivity index (χ3v) is 3.28. The van der Waals surface area contributed by atoms with Crippen molar-refractivity contribution >= 4 is 17.5 Å². The van der Waals surface area contributed by atoms with E-state index in [4.69, 9.17) is 4.74 Å². The van der Waals surface area contributed by atoms with Gasteiger partial charge in [0, 0.05) is 12.3 Å². The highest BCUT2D eigenvalue weighted by Crippen LogP contribution is 2.35. The Morgan fingerprint density at radius 3 is 2.50 bits per heavy atom. The van der Waals surface area contributed by atoms with Gasteiger partial charge in [-0.25, -0.2) is 0 Å². The van der Waals surface area contributed by atoms with Gasteiger partial charge in [-0.2, -0.15) is 0 Å². The van der Waals surface area contributed by atoms with E-state index in [-0.39, 0.29) is 30.0 Å². The van der Waals surface area contributed by atoms with Crippen LogP contribution in [0.25, 0.3) is 0 Å². The number of ketones is 2. The quantitative estimate of drug-likeness (QED) is 0.536. The standard InChI is InChI=1S/C12H18O4/c1-4-16-12(15)11(8(3)13)9-5-6-10(14)7(9)2/h7,9,11H,4-6H2,1-3H3. The van der Waals surface area contributed by atoms with Gasteiger partial charge in [0.15, 0.2) is 0 Å². The molecule has 1 aliphatic rings. The van der Waals surface area contributed by atoms with E-state index in [1.807, 2.05) is 0 Å². The fraction of sp³-hybridized carbons (Fsp3) is 0.750. The average Bonchev–Trinajstić information content (AvgIpc) is 2.50. The van der Waals surface area contributed by atoms with Gasteiger partial charge in [-0.3, -0.25) is 14.4 Å². The van der Waals surface area contributed by atoms with E-state index >= 15 is 0 Å². The molecule has 4 heteroatoms. The Labute approximate surface area is 95.3 Å². The van der Waals surface area contributed by atoms with E-state index in [9.17, 15) is 14.4 Å². The smallest absolute Gasteiger partial charge is 0.316 e. The SMILES string of the molecule is CCOC(=O)C(C(C)=O)C1CCC(=O)C1C. The minimum Gasteiger partial charge on any atom is -0.465 e. The summed E-state index contributed by atoms with van der Waals surface area (Å²) in [6, 6.07) is 0. The molecule has 0 amide bonds. The molecule has 1 aliphatic carbocycles. The van der Waals surface area contributed by atoms with Crippen LogP contribution < -0.4 is 0 Å². The van der Waals surface area contributed by atoms with Gasteiger partial charge in [0.25, 0.3) is 0 Å². The van der Waals surface area contributed by atoms with Crippen LogP contribution in [0.5, 0.6) is 0 Å². The van der Waals surface area contributed by atoms with Crippen molar-refractivity contribution < 1.29 is 19.1 Å². The van der Waals surface area contributed by atoms with Crippen LogP contribution in [-0.2, 0) is 19.1 Å². The van der Waals surface area contributed by atoms with Crippen molar-refractivity contribution in [3.63, 3.8) is 0 Å². The molecular formula is C12H18O4. The highest BCUT2D eigenvalue weighted by molar-refractivity contribution is 5.99. The van der Waals surface area contributed by atoms with Crippen molar-refractivity contribution in [1.82, 2.24) is 0 Å². The molecule has 1 fully saturated rings. The monoisotopic (exact) mass is 226 g/mol. The van der Waals surface area contributed by atoms with Crippen molar-refractivity contribution in [2.45, 2.75) is 33.6 Å². The molecule has 3 unspecified atom stereocenters. The second-order valence-electron chi connectivity index (χ2n) is 4.30. The molecule has 16 heavy (non-hydrogen) atoms. The third kappa shape index (κ3) is 2.49. The fourth-order valence-electron chi connectivity index (χ4n) is 2.35. The largest absolute Gasteiger partial charge is 0.465 e.